The average molecular weight is 458 g/mol. The Morgan fingerprint density at radius 3 is 2.47 bits per heavy atom. The molecule has 8 heteroatoms. The van der Waals surface area contributed by atoms with Gasteiger partial charge in [0.25, 0.3) is 5.91 Å². The predicted octanol–water partition coefficient (Wildman–Crippen LogP) is 6.62. The Balaban J connectivity index is 2.01. The lowest BCUT2D eigenvalue weighted by atomic mass is 10.1. The molecule has 1 aromatic heterocycles. The third kappa shape index (κ3) is 4.87. The van der Waals surface area contributed by atoms with Crippen molar-refractivity contribution in [3.63, 3.8) is 0 Å². The number of hydrogen-bond donors (Lipinski definition) is 1. The molecule has 0 atom stereocenters. The van der Waals surface area contributed by atoms with Gasteiger partial charge in [0, 0.05) is 17.1 Å². The SMILES string of the molecule is Cc1cccc(NC(=O)/C(C#N)=C/c2cc(C)n(-c3cc(C(F)(F)F)ccc3Cl)c2C)c1. The summed E-state index contributed by atoms with van der Waals surface area (Å²) in [5.41, 5.74) is 2.37. The van der Waals surface area contributed by atoms with Crippen LogP contribution in [-0.2, 0) is 11.0 Å². The number of nitrogens with one attached hydrogen (secondary N) is 1. The van der Waals surface area contributed by atoms with Gasteiger partial charge in [-0.3, -0.25) is 4.79 Å². The summed E-state index contributed by atoms with van der Waals surface area (Å²) in [5.74, 6) is -0.583. The maximum absolute atomic E-state index is 13.2. The van der Waals surface area contributed by atoms with Crippen molar-refractivity contribution < 1.29 is 18.0 Å². The number of aryl methyl sites for hydroxylation is 2. The number of alkyl halides is 3. The van der Waals surface area contributed by atoms with Crippen molar-refractivity contribution in [3.8, 4) is 11.8 Å². The third-order valence-electron chi connectivity index (χ3n) is 4.93. The fourth-order valence-electron chi connectivity index (χ4n) is 3.39. The van der Waals surface area contributed by atoms with Crippen LogP contribution in [0.4, 0.5) is 18.9 Å². The first kappa shape index (κ1) is 23.2. The summed E-state index contributed by atoms with van der Waals surface area (Å²) < 4.78 is 41.1. The zero-order valence-electron chi connectivity index (χ0n) is 17.5. The molecule has 32 heavy (non-hydrogen) atoms. The summed E-state index contributed by atoms with van der Waals surface area (Å²) in [7, 11) is 0. The van der Waals surface area contributed by atoms with E-state index < -0.39 is 17.6 Å². The highest BCUT2D eigenvalue weighted by Gasteiger charge is 2.31. The standard InChI is InChI=1S/C24H19ClF3N3O/c1-14-5-4-6-20(9-14)30-23(32)18(13-29)11-17-10-15(2)31(16(17)3)22-12-19(24(26,27)28)7-8-21(22)25/h4-12H,1-3H3,(H,30,32)/b18-11+. The molecule has 0 fully saturated rings. The molecule has 3 rings (SSSR count). The molecule has 164 valence electrons. The van der Waals surface area contributed by atoms with E-state index in [0.717, 1.165) is 17.7 Å². The first-order chi connectivity index (χ1) is 15.0. The number of amides is 1. The van der Waals surface area contributed by atoms with Crippen molar-refractivity contribution in [2.75, 3.05) is 5.32 Å². The van der Waals surface area contributed by atoms with Crippen LogP contribution in [0.2, 0.25) is 5.02 Å². The first-order valence-corrected chi connectivity index (χ1v) is 9.95. The molecule has 0 spiro atoms. The fourth-order valence-corrected chi connectivity index (χ4v) is 3.59. The van der Waals surface area contributed by atoms with Gasteiger partial charge in [-0.2, -0.15) is 18.4 Å². The summed E-state index contributed by atoms with van der Waals surface area (Å²) in [6.07, 6.45) is -3.11. The number of aromatic nitrogens is 1. The van der Waals surface area contributed by atoms with Crippen LogP contribution in [0.15, 0.2) is 54.1 Å². The number of nitriles is 1. The molecule has 0 aliphatic rings. The van der Waals surface area contributed by atoms with Crippen LogP contribution in [-0.4, -0.2) is 10.5 Å². The molecule has 0 aliphatic heterocycles. The Morgan fingerprint density at radius 1 is 1.12 bits per heavy atom. The molecule has 1 heterocycles. The number of rotatable bonds is 4. The minimum Gasteiger partial charge on any atom is -0.321 e. The Kier molecular flexibility index (Phi) is 6.47. The lowest BCUT2D eigenvalue weighted by molar-refractivity contribution is -0.137. The summed E-state index contributed by atoms with van der Waals surface area (Å²) in [5, 5.41) is 12.3. The number of halogens is 4. The average Bonchev–Trinajstić information content (AvgIpc) is 2.98. The smallest absolute Gasteiger partial charge is 0.321 e. The highest BCUT2D eigenvalue weighted by molar-refractivity contribution is 6.32. The lowest BCUT2D eigenvalue weighted by Crippen LogP contribution is -2.13. The number of benzene rings is 2. The first-order valence-electron chi connectivity index (χ1n) is 9.57. The number of carbonyl (C=O) groups is 1. The monoisotopic (exact) mass is 457 g/mol. The number of anilines is 1. The van der Waals surface area contributed by atoms with Gasteiger partial charge in [-0.15, -0.1) is 0 Å². The van der Waals surface area contributed by atoms with Crippen LogP contribution < -0.4 is 5.32 Å². The van der Waals surface area contributed by atoms with Crippen LogP contribution in [0, 0.1) is 32.1 Å². The van der Waals surface area contributed by atoms with Crippen LogP contribution >= 0.6 is 11.6 Å². The molecule has 0 saturated carbocycles. The van der Waals surface area contributed by atoms with E-state index in [2.05, 4.69) is 5.32 Å². The summed E-state index contributed by atoms with van der Waals surface area (Å²) >= 11 is 6.20. The molecule has 1 amide bonds. The van der Waals surface area contributed by atoms with Gasteiger partial charge < -0.3 is 9.88 Å². The minimum absolute atomic E-state index is 0.137. The van der Waals surface area contributed by atoms with E-state index >= 15 is 0 Å². The second kappa shape index (κ2) is 8.93. The van der Waals surface area contributed by atoms with Crippen molar-refractivity contribution in [1.29, 1.82) is 5.26 Å². The summed E-state index contributed by atoms with van der Waals surface area (Å²) in [6, 6.07) is 13.8. The maximum atomic E-state index is 13.2. The zero-order chi connectivity index (χ0) is 23.6. The molecule has 0 aliphatic carbocycles. The zero-order valence-corrected chi connectivity index (χ0v) is 18.3. The number of carbonyl (C=O) groups excluding carboxylic acids is 1. The summed E-state index contributed by atoms with van der Waals surface area (Å²) in [4.78, 5) is 12.6. The van der Waals surface area contributed by atoms with Crippen molar-refractivity contribution >= 4 is 29.3 Å². The number of hydrogen-bond acceptors (Lipinski definition) is 2. The maximum Gasteiger partial charge on any atom is 0.416 e. The Bertz CT molecular complexity index is 1270. The molecule has 0 saturated heterocycles. The largest absolute Gasteiger partial charge is 0.416 e. The second-order valence-electron chi connectivity index (χ2n) is 7.32. The topological polar surface area (TPSA) is 57.8 Å². The van der Waals surface area contributed by atoms with Gasteiger partial charge in [0.2, 0.25) is 0 Å². The Labute approximate surface area is 188 Å². The molecule has 1 N–H and O–H groups in total. The van der Waals surface area contributed by atoms with Gasteiger partial charge in [0.1, 0.15) is 11.6 Å². The highest BCUT2D eigenvalue weighted by Crippen LogP contribution is 2.35. The van der Waals surface area contributed by atoms with Crippen molar-refractivity contribution in [1.82, 2.24) is 4.57 Å². The van der Waals surface area contributed by atoms with E-state index in [1.807, 2.05) is 19.1 Å². The van der Waals surface area contributed by atoms with Gasteiger partial charge in [-0.25, -0.2) is 0 Å². The molecular formula is C24H19ClF3N3O. The molecule has 0 unspecified atom stereocenters. The normalized spacial score (nSPS) is 11.9. The predicted molar refractivity (Wildman–Crippen MR) is 119 cm³/mol. The van der Waals surface area contributed by atoms with E-state index in [1.54, 1.807) is 42.7 Å². The second-order valence-corrected chi connectivity index (χ2v) is 7.73. The summed E-state index contributed by atoms with van der Waals surface area (Å²) in [6.45, 7) is 5.27. The van der Waals surface area contributed by atoms with E-state index in [0.29, 0.717) is 22.6 Å². The van der Waals surface area contributed by atoms with Gasteiger partial charge in [0.15, 0.2) is 0 Å². The van der Waals surface area contributed by atoms with Crippen LogP contribution in [0.5, 0.6) is 0 Å². The van der Waals surface area contributed by atoms with Crippen molar-refractivity contribution in [2.24, 2.45) is 0 Å². The molecule has 0 radical (unpaired) electrons. The van der Waals surface area contributed by atoms with E-state index in [9.17, 15) is 23.2 Å². The molecule has 3 aromatic rings. The molecule has 0 bridgehead atoms. The van der Waals surface area contributed by atoms with Crippen molar-refractivity contribution in [3.05, 3.63) is 87.2 Å². The number of nitrogens with zero attached hydrogens (tertiary/aromatic N) is 2. The highest BCUT2D eigenvalue weighted by atomic mass is 35.5. The van der Waals surface area contributed by atoms with E-state index in [4.69, 9.17) is 11.6 Å². The lowest BCUT2D eigenvalue weighted by Gasteiger charge is -2.15. The van der Waals surface area contributed by atoms with Gasteiger partial charge in [0.05, 0.1) is 16.3 Å². The third-order valence-corrected chi connectivity index (χ3v) is 5.25. The van der Waals surface area contributed by atoms with E-state index in [-0.39, 0.29) is 16.3 Å². The fraction of sp³-hybridized carbons (Fsp3) is 0.167. The van der Waals surface area contributed by atoms with Crippen LogP contribution in [0.3, 0.4) is 0 Å². The molecular weight excluding hydrogens is 439 g/mol. The minimum atomic E-state index is -4.51. The van der Waals surface area contributed by atoms with Gasteiger partial charge >= 0.3 is 6.18 Å². The Hall–Kier alpha value is -3.50. The van der Waals surface area contributed by atoms with Gasteiger partial charge in [-0.1, -0.05) is 23.7 Å². The Morgan fingerprint density at radius 2 is 1.84 bits per heavy atom. The van der Waals surface area contributed by atoms with Gasteiger partial charge in [-0.05, 0) is 74.4 Å². The van der Waals surface area contributed by atoms with Crippen LogP contribution in [0.1, 0.15) is 28.1 Å². The van der Waals surface area contributed by atoms with Crippen molar-refractivity contribution in [2.45, 2.75) is 26.9 Å². The van der Waals surface area contributed by atoms with E-state index in [1.165, 1.54) is 12.1 Å². The van der Waals surface area contributed by atoms with Crippen LogP contribution in [0.25, 0.3) is 11.8 Å². The molecule has 4 nitrogen and oxygen atoms in total. The quantitative estimate of drug-likeness (QED) is 0.353. The molecule has 2 aromatic carbocycles.